The standard InChI is InChI=1S/C7H3ClF2N2O2S/c8-15(13,14)6-1-5(7(9)10)4(2-11)3-12-6/h1,3,7H. The van der Waals surface area contributed by atoms with Gasteiger partial charge in [0.25, 0.3) is 15.5 Å². The first-order valence-electron chi connectivity index (χ1n) is 3.49. The molecular formula is C7H3ClF2N2O2S. The molecule has 0 spiro atoms. The van der Waals surface area contributed by atoms with Crippen molar-refractivity contribution in [3.8, 4) is 6.07 Å². The Morgan fingerprint density at radius 1 is 1.53 bits per heavy atom. The molecule has 8 heteroatoms. The normalized spacial score (nSPS) is 11.4. The Labute approximate surface area is 88.5 Å². The van der Waals surface area contributed by atoms with E-state index in [1.807, 2.05) is 0 Å². The molecule has 0 unspecified atom stereocenters. The summed E-state index contributed by atoms with van der Waals surface area (Å²) in [6.07, 6.45) is -2.21. The Hall–Kier alpha value is -1.26. The summed E-state index contributed by atoms with van der Waals surface area (Å²) < 4.78 is 46.3. The highest BCUT2D eigenvalue weighted by atomic mass is 35.7. The maximum absolute atomic E-state index is 12.4. The van der Waals surface area contributed by atoms with Gasteiger partial charge in [-0.05, 0) is 6.07 Å². The highest BCUT2D eigenvalue weighted by Crippen LogP contribution is 2.25. The van der Waals surface area contributed by atoms with Gasteiger partial charge in [0.05, 0.1) is 5.56 Å². The van der Waals surface area contributed by atoms with Crippen molar-refractivity contribution < 1.29 is 17.2 Å². The van der Waals surface area contributed by atoms with Crippen LogP contribution in [0.1, 0.15) is 17.6 Å². The fraction of sp³-hybridized carbons (Fsp3) is 0.143. The Morgan fingerprint density at radius 2 is 2.13 bits per heavy atom. The van der Waals surface area contributed by atoms with Crippen molar-refractivity contribution in [3.63, 3.8) is 0 Å². The van der Waals surface area contributed by atoms with Gasteiger partial charge in [0.15, 0.2) is 5.03 Å². The largest absolute Gasteiger partial charge is 0.278 e. The molecule has 0 aromatic carbocycles. The fourth-order valence-electron chi connectivity index (χ4n) is 0.858. The van der Waals surface area contributed by atoms with E-state index in [9.17, 15) is 17.2 Å². The first-order chi connectivity index (χ1) is 6.86. The quantitative estimate of drug-likeness (QED) is 0.753. The van der Waals surface area contributed by atoms with Crippen molar-refractivity contribution in [1.82, 2.24) is 4.98 Å². The molecule has 1 aromatic rings. The number of halogens is 3. The summed E-state index contributed by atoms with van der Waals surface area (Å²) in [5.74, 6) is 0. The zero-order valence-corrected chi connectivity index (χ0v) is 8.56. The highest BCUT2D eigenvalue weighted by Gasteiger charge is 2.19. The zero-order valence-electron chi connectivity index (χ0n) is 6.99. The van der Waals surface area contributed by atoms with E-state index in [4.69, 9.17) is 15.9 Å². The lowest BCUT2D eigenvalue weighted by atomic mass is 10.2. The first kappa shape index (κ1) is 11.8. The number of pyridine rings is 1. The average molecular weight is 253 g/mol. The lowest BCUT2D eigenvalue weighted by Crippen LogP contribution is -2.00. The summed E-state index contributed by atoms with van der Waals surface area (Å²) in [7, 11) is 0.747. The van der Waals surface area contributed by atoms with E-state index in [1.165, 1.54) is 6.07 Å². The van der Waals surface area contributed by atoms with Crippen LogP contribution in [-0.4, -0.2) is 13.4 Å². The van der Waals surface area contributed by atoms with Crippen molar-refractivity contribution in [3.05, 3.63) is 23.4 Å². The van der Waals surface area contributed by atoms with Gasteiger partial charge in [-0.1, -0.05) is 0 Å². The molecule has 0 saturated carbocycles. The van der Waals surface area contributed by atoms with Crippen LogP contribution in [0, 0.1) is 11.3 Å². The van der Waals surface area contributed by atoms with Gasteiger partial charge in [0.2, 0.25) is 0 Å². The number of alkyl halides is 2. The smallest absolute Gasteiger partial charge is 0.242 e. The van der Waals surface area contributed by atoms with Gasteiger partial charge in [-0.15, -0.1) is 0 Å². The van der Waals surface area contributed by atoms with Crippen molar-refractivity contribution in [2.24, 2.45) is 0 Å². The number of nitrogens with zero attached hydrogens (tertiary/aromatic N) is 2. The minimum Gasteiger partial charge on any atom is -0.242 e. The van der Waals surface area contributed by atoms with Gasteiger partial charge >= 0.3 is 0 Å². The van der Waals surface area contributed by atoms with Gasteiger partial charge in [0, 0.05) is 22.4 Å². The van der Waals surface area contributed by atoms with E-state index < -0.39 is 26.1 Å². The molecule has 0 aliphatic heterocycles. The van der Waals surface area contributed by atoms with Gasteiger partial charge in [-0.3, -0.25) is 0 Å². The number of hydrogen-bond donors (Lipinski definition) is 0. The second-order valence-corrected chi connectivity index (χ2v) is 4.97. The molecule has 15 heavy (non-hydrogen) atoms. The number of aromatic nitrogens is 1. The van der Waals surface area contributed by atoms with E-state index in [1.54, 1.807) is 0 Å². The lowest BCUT2D eigenvalue weighted by molar-refractivity contribution is 0.150. The molecular weight excluding hydrogens is 250 g/mol. The number of hydrogen-bond acceptors (Lipinski definition) is 4. The Kier molecular flexibility index (Phi) is 3.21. The Bertz CT molecular complexity index is 524. The molecule has 1 rings (SSSR count). The van der Waals surface area contributed by atoms with E-state index in [2.05, 4.69) is 4.98 Å². The minimum atomic E-state index is -4.17. The lowest BCUT2D eigenvalue weighted by Gasteiger charge is -2.03. The van der Waals surface area contributed by atoms with Gasteiger partial charge in [0.1, 0.15) is 6.07 Å². The summed E-state index contributed by atoms with van der Waals surface area (Å²) in [6, 6.07) is 2.06. The van der Waals surface area contributed by atoms with Crippen LogP contribution in [0.3, 0.4) is 0 Å². The van der Waals surface area contributed by atoms with Crippen LogP contribution in [0.5, 0.6) is 0 Å². The predicted molar refractivity (Wildman–Crippen MR) is 46.9 cm³/mol. The summed E-state index contributed by atoms with van der Waals surface area (Å²) in [4.78, 5) is 3.29. The minimum absolute atomic E-state index is 0.380. The maximum atomic E-state index is 12.4. The monoisotopic (exact) mass is 252 g/mol. The first-order valence-corrected chi connectivity index (χ1v) is 5.80. The summed E-state index contributed by atoms with van der Waals surface area (Å²) in [5, 5.41) is 7.76. The molecule has 0 amide bonds. The van der Waals surface area contributed by atoms with Crippen molar-refractivity contribution >= 4 is 19.7 Å². The predicted octanol–water partition coefficient (Wildman–Crippen LogP) is 1.82. The van der Waals surface area contributed by atoms with Crippen LogP contribution in [-0.2, 0) is 9.05 Å². The molecule has 0 atom stereocenters. The van der Waals surface area contributed by atoms with Crippen molar-refractivity contribution in [2.45, 2.75) is 11.5 Å². The third-order valence-electron chi connectivity index (χ3n) is 1.52. The van der Waals surface area contributed by atoms with Gasteiger partial charge in [-0.25, -0.2) is 22.2 Å². The van der Waals surface area contributed by atoms with E-state index >= 15 is 0 Å². The SMILES string of the molecule is N#Cc1cnc(S(=O)(=O)Cl)cc1C(F)F. The molecule has 0 aliphatic carbocycles. The zero-order chi connectivity index (χ0) is 11.6. The van der Waals surface area contributed by atoms with Gasteiger partial charge in [-0.2, -0.15) is 5.26 Å². The Balaban J connectivity index is 3.43. The number of nitriles is 1. The molecule has 0 aliphatic rings. The molecule has 0 N–H and O–H groups in total. The molecule has 80 valence electrons. The molecule has 0 fully saturated rings. The van der Waals surface area contributed by atoms with Crippen LogP contribution >= 0.6 is 10.7 Å². The topological polar surface area (TPSA) is 70.8 Å². The van der Waals surface area contributed by atoms with Crippen molar-refractivity contribution in [1.29, 1.82) is 5.26 Å². The van der Waals surface area contributed by atoms with E-state index in [-0.39, 0.29) is 5.56 Å². The average Bonchev–Trinajstić information content (AvgIpc) is 2.15. The molecule has 1 aromatic heterocycles. The van der Waals surface area contributed by atoms with Crippen LogP contribution < -0.4 is 0 Å². The third-order valence-corrected chi connectivity index (χ3v) is 2.71. The van der Waals surface area contributed by atoms with Crippen molar-refractivity contribution in [2.75, 3.05) is 0 Å². The molecule has 4 nitrogen and oxygen atoms in total. The second kappa shape index (κ2) is 4.08. The van der Waals surface area contributed by atoms with Crippen LogP contribution in [0.25, 0.3) is 0 Å². The maximum Gasteiger partial charge on any atom is 0.278 e. The second-order valence-electron chi connectivity index (χ2n) is 2.46. The highest BCUT2D eigenvalue weighted by molar-refractivity contribution is 8.13. The molecule has 1 heterocycles. The molecule has 0 saturated heterocycles. The van der Waals surface area contributed by atoms with Crippen LogP contribution in [0.15, 0.2) is 17.3 Å². The fourth-order valence-corrected chi connectivity index (χ4v) is 1.56. The van der Waals surface area contributed by atoms with E-state index in [0.717, 1.165) is 6.20 Å². The van der Waals surface area contributed by atoms with E-state index in [0.29, 0.717) is 6.07 Å². The molecule has 0 bridgehead atoms. The number of rotatable bonds is 2. The summed E-state index contributed by atoms with van der Waals surface area (Å²) in [5.41, 5.74) is -1.08. The Morgan fingerprint density at radius 3 is 2.53 bits per heavy atom. The third kappa shape index (κ3) is 2.61. The summed E-state index contributed by atoms with van der Waals surface area (Å²) >= 11 is 0. The summed E-state index contributed by atoms with van der Waals surface area (Å²) in [6.45, 7) is 0. The molecule has 0 radical (unpaired) electrons. The van der Waals surface area contributed by atoms with Crippen LogP contribution in [0.4, 0.5) is 8.78 Å². The van der Waals surface area contributed by atoms with Crippen LogP contribution in [0.2, 0.25) is 0 Å². The van der Waals surface area contributed by atoms with Gasteiger partial charge < -0.3 is 0 Å².